The van der Waals surface area contributed by atoms with E-state index in [9.17, 15) is 20.0 Å². The van der Waals surface area contributed by atoms with Gasteiger partial charge in [0.25, 0.3) is 11.6 Å². The van der Waals surface area contributed by atoms with Gasteiger partial charge < -0.3 is 14.9 Å². The third-order valence-corrected chi connectivity index (χ3v) is 4.17. The highest BCUT2D eigenvalue weighted by Crippen LogP contribution is 2.27. The molecule has 126 valence electrons. The van der Waals surface area contributed by atoms with Crippen LogP contribution in [0.4, 0.5) is 5.69 Å². The van der Waals surface area contributed by atoms with Gasteiger partial charge in [-0.1, -0.05) is 6.92 Å². The zero-order valence-electron chi connectivity index (χ0n) is 13.6. The van der Waals surface area contributed by atoms with Gasteiger partial charge in [0, 0.05) is 25.7 Å². The lowest BCUT2D eigenvalue weighted by molar-refractivity contribution is -0.384. The van der Waals surface area contributed by atoms with Gasteiger partial charge in [0.1, 0.15) is 5.75 Å². The van der Waals surface area contributed by atoms with E-state index in [1.807, 2.05) is 0 Å². The summed E-state index contributed by atoms with van der Waals surface area (Å²) in [6.07, 6.45) is 2.04. The zero-order valence-corrected chi connectivity index (χ0v) is 13.6. The van der Waals surface area contributed by atoms with Crippen LogP contribution in [-0.4, -0.2) is 59.0 Å². The fraction of sp³-hybridized carbons (Fsp3) is 0.562. The number of nitro benzene ring substituents is 1. The van der Waals surface area contributed by atoms with Crippen LogP contribution in [0.2, 0.25) is 0 Å². The lowest BCUT2D eigenvalue weighted by atomic mass is 10.1. The number of nitrogens with zero attached hydrogens (tertiary/aromatic N) is 3. The Morgan fingerprint density at radius 1 is 1.52 bits per heavy atom. The van der Waals surface area contributed by atoms with Gasteiger partial charge in [-0.15, -0.1) is 0 Å². The van der Waals surface area contributed by atoms with Crippen molar-refractivity contribution in [3.63, 3.8) is 0 Å². The van der Waals surface area contributed by atoms with Crippen LogP contribution in [0.3, 0.4) is 0 Å². The van der Waals surface area contributed by atoms with Crippen LogP contribution in [0.1, 0.15) is 30.1 Å². The third-order valence-electron chi connectivity index (χ3n) is 4.17. The molecule has 1 N–H and O–H groups in total. The SMILES string of the molecule is CCCN(C)C[C@H]1CCN(C(=O)c2ccc([N+](=O)[O-])cc2O)C1. The Bertz CT molecular complexity index is 591. The van der Waals surface area contributed by atoms with Crippen LogP contribution < -0.4 is 0 Å². The molecule has 1 aromatic rings. The molecular weight excluding hydrogens is 298 g/mol. The molecule has 0 aliphatic carbocycles. The molecule has 0 unspecified atom stereocenters. The molecule has 1 amide bonds. The Morgan fingerprint density at radius 3 is 2.87 bits per heavy atom. The second-order valence-corrected chi connectivity index (χ2v) is 6.13. The average Bonchev–Trinajstić information content (AvgIpc) is 2.95. The lowest BCUT2D eigenvalue weighted by Crippen LogP contribution is -2.32. The first-order chi connectivity index (χ1) is 10.9. The van der Waals surface area contributed by atoms with Gasteiger partial charge >= 0.3 is 0 Å². The van der Waals surface area contributed by atoms with E-state index >= 15 is 0 Å². The average molecular weight is 321 g/mol. The summed E-state index contributed by atoms with van der Waals surface area (Å²) in [5.74, 6) is -0.176. The summed E-state index contributed by atoms with van der Waals surface area (Å²) >= 11 is 0. The number of benzene rings is 1. The number of carbonyl (C=O) groups excluding carboxylic acids is 1. The molecular formula is C16H23N3O4. The number of carbonyl (C=O) groups is 1. The number of nitro groups is 1. The fourth-order valence-electron chi connectivity index (χ4n) is 3.06. The number of hydrogen-bond acceptors (Lipinski definition) is 5. The predicted molar refractivity (Wildman–Crippen MR) is 86.6 cm³/mol. The first kappa shape index (κ1) is 17.2. The molecule has 1 atom stereocenters. The molecule has 0 bridgehead atoms. The maximum atomic E-state index is 12.5. The summed E-state index contributed by atoms with van der Waals surface area (Å²) in [5.41, 5.74) is -0.0994. The first-order valence-corrected chi connectivity index (χ1v) is 7.87. The summed E-state index contributed by atoms with van der Waals surface area (Å²) in [4.78, 5) is 26.6. The Kier molecular flexibility index (Phi) is 5.54. The number of rotatable bonds is 6. The quantitative estimate of drug-likeness (QED) is 0.640. The molecule has 23 heavy (non-hydrogen) atoms. The minimum atomic E-state index is -0.594. The second kappa shape index (κ2) is 7.41. The lowest BCUT2D eigenvalue weighted by Gasteiger charge is -2.21. The Labute approximate surface area is 135 Å². The molecule has 2 rings (SSSR count). The van der Waals surface area contributed by atoms with Gasteiger partial charge in [-0.25, -0.2) is 0 Å². The van der Waals surface area contributed by atoms with Crippen LogP contribution in [0, 0.1) is 16.0 Å². The largest absolute Gasteiger partial charge is 0.507 e. The van der Waals surface area contributed by atoms with Gasteiger partial charge in [0.2, 0.25) is 0 Å². The fourth-order valence-corrected chi connectivity index (χ4v) is 3.06. The first-order valence-electron chi connectivity index (χ1n) is 7.87. The third kappa shape index (κ3) is 4.19. The van der Waals surface area contributed by atoms with Crippen molar-refractivity contribution in [1.82, 2.24) is 9.80 Å². The Morgan fingerprint density at radius 2 is 2.26 bits per heavy atom. The monoisotopic (exact) mass is 321 g/mol. The highest BCUT2D eigenvalue weighted by Gasteiger charge is 2.29. The number of hydrogen-bond donors (Lipinski definition) is 1. The standard InChI is InChI=1S/C16H23N3O4/c1-3-7-17(2)10-12-6-8-18(11-12)16(21)14-5-4-13(19(22)23)9-15(14)20/h4-5,9,12,20H,3,6-8,10-11H2,1-2H3/t12-/m1/s1. The van der Waals surface area contributed by atoms with Crippen LogP contribution in [0.5, 0.6) is 5.75 Å². The summed E-state index contributed by atoms with van der Waals surface area (Å²) in [5, 5.41) is 20.6. The van der Waals surface area contributed by atoms with E-state index in [1.54, 1.807) is 4.90 Å². The summed E-state index contributed by atoms with van der Waals surface area (Å²) in [7, 11) is 2.08. The Balaban J connectivity index is 2.00. The van der Waals surface area contributed by atoms with Crippen molar-refractivity contribution in [2.75, 3.05) is 33.2 Å². The van der Waals surface area contributed by atoms with Crippen LogP contribution >= 0.6 is 0 Å². The van der Waals surface area contributed by atoms with Gasteiger partial charge in [0.05, 0.1) is 16.6 Å². The van der Waals surface area contributed by atoms with Crippen molar-refractivity contribution in [2.24, 2.45) is 5.92 Å². The van der Waals surface area contributed by atoms with Gasteiger partial charge in [-0.2, -0.15) is 0 Å². The van der Waals surface area contributed by atoms with Crippen molar-refractivity contribution in [3.05, 3.63) is 33.9 Å². The number of amides is 1. The summed E-state index contributed by atoms with van der Waals surface area (Å²) in [6.45, 7) is 5.43. The summed E-state index contributed by atoms with van der Waals surface area (Å²) < 4.78 is 0. The summed E-state index contributed by atoms with van der Waals surface area (Å²) in [6, 6.07) is 3.59. The van der Waals surface area contributed by atoms with E-state index in [0.29, 0.717) is 19.0 Å². The molecule has 1 aromatic carbocycles. The minimum absolute atomic E-state index is 0.123. The molecule has 0 radical (unpaired) electrons. The van der Waals surface area contributed by atoms with E-state index in [0.717, 1.165) is 32.0 Å². The van der Waals surface area contributed by atoms with Crippen LogP contribution in [0.25, 0.3) is 0 Å². The van der Waals surface area contributed by atoms with Crippen molar-refractivity contribution >= 4 is 11.6 Å². The van der Waals surface area contributed by atoms with E-state index < -0.39 is 4.92 Å². The van der Waals surface area contributed by atoms with E-state index in [4.69, 9.17) is 0 Å². The molecule has 7 heteroatoms. The van der Waals surface area contributed by atoms with Crippen molar-refractivity contribution in [1.29, 1.82) is 0 Å². The van der Waals surface area contributed by atoms with E-state index in [-0.39, 0.29) is 22.9 Å². The Hall–Kier alpha value is -2.15. The molecule has 1 fully saturated rings. The van der Waals surface area contributed by atoms with Gasteiger partial charge in [-0.05, 0) is 38.4 Å². The molecule has 0 saturated carbocycles. The second-order valence-electron chi connectivity index (χ2n) is 6.13. The maximum absolute atomic E-state index is 12.5. The van der Waals surface area contributed by atoms with Crippen LogP contribution in [-0.2, 0) is 0 Å². The highest BCUT2D eigenvalue weighted by atomic mass is 16.6. The van der Waals surface area contributed by atoms with Gasteiger partial charge in [-0.3, -0.25) is 14.9 Å². The minimum Gasteiger partial charge on any atom is -0.507 e. The normalized spacial score (nSPS) is 17.7. The number of non-ortho nitro benzene ring substituents is 1. The zero-order chi connectivity index (χ0) is 17.0. The van der Waals surface area contributed by atoms with E-state index in [2.05, 4.69) is 18.9 Å². The van der Waals surface area contributed by atoms with E-state index in [1.165, 1.54) is 12.1 Å². The van der Waals surface area contributed by atoms with Crippen molar-refractivity contribution in [3.8, 4) is 5.75 Å². The molecule has 1 heterocycles. The smallest absolute Gasteiger partial charge is 0.273 e. The predicted octanol–water partition coefficient (Wildman–Crippen LogP) is 2.10. The highest BCUT2D eigenvalue weighted by molar-refractivity contribution is 5.97. The van der Waals surface area contributed by atoms with Crippen LogP contribution in [0.15, 0.2) is 18.2 Å². The van der Waals surface area contributed by atoms with Gasteiger partial charge in [0.15, 0.2) is 0 Å². The number of aromatic hydroxyl groups is 1. The number of phenolic OH excluding ortho intramolecular Hbond substituents is 1. The molecule has 0 spiro atoms. The number of phenols is 1. The number of likely N-dealkylation sites (tertiary alicyclic amines) is 1. The van der Waals surface area contributed by atoms with Crippen molar-refractivity contribution < 1.29 is 14.8 Å². The molecule has 7 nitrogen and oxygen atoms in total. The molecule has 1 saturated heterocycles. The van der Waals surface area contributed by atoms with Crippen molar-refractivity contribution in [2.45, 2.75) is 19.8 Å². The molecule has 0 aromatic heterocycles. The maximum Gasteiger partial charge on any atom is 0.273 e. The topological polar surface area (TPSA) is 86.9 Å². The molecule has 1 aliphatic rings. The molecule has 1 aliphatic heterocycles.